The van der Waals surface area contributed by atoms with Gasteiger partial charge in [0.2, 0.25) is 0 Å². The molecule has 148 valence electrons. The monoisotopic (exact) mass is 396 g/mol. The molecule has 0 aliphatic heterocycles. The van der Waals surface area contributed by atoms with E-state index >= 15 is 0 Å². The highest BCUT2D eigenvalue weighted by Gasteiger charge is 2.17. The van der Waals surface area contributed by atoms with E-state index in [2.05, 4.69) is 33.3 Å². The third-order valence-corrected chi connectivity index (χ3v) is 5.38. The van der Waals surface area contributed by atoms with Crippen molar-refractivity contribution in [3.63, 3.8) is 0 Å². The highest BCUT2D eigenvalue weighted by Crippen LogP contribution is 2.31. The first-order valence-corrected chi connectivity index (χ1v) is 9.63. The van der Waals surface area contributed by atoms with Gasteiger partial charge in [-0.15, -0.1) is 5.10 Å². The van der Waals surface area contributed by atoms with Crippen LogP contribution in [0.3, 0.4) is 0 Å². The Morgan fingerprint density at radius 3 is 2.43 bits per heavy atom. The van der Waals surface area contributed by atoms with E-state index < -0.39 is 0 Å². The van der Waals surface area contributed by atoms with Crippen molar-refractivity contribution in [3.8, 4) is 16.9 Å². The van der Waals surface area contributed by atoms with E-state index in [1.807, 2.05) is 47.1 Å². The zero-order chi connectivity index (χ0) is 20.7. The number of methoxy groups -OCH3 is 1. The number of ether oxygens (including phenoxy) is 1. The fourth-order valence-electron chi connectivity index (χ4n) is 3.67. The van der Waals surface area contributed by atoms with Crippen LogP contribution < -0.4 is 10.5 Å². The van der Waals surface area contributed by atoms with Gasteiger partial charge < -0.3 is 10.5 Å². The largest absolute Gasteiger partial charge is 0.497 e. The summed E-state index contributed by atoms with van der Waals surface area (Å²) in [5, 5.41) is 9.80. The lowest BCUT2D eigenvalue weighted by molar-refractivity contribution is 0.414. The molecule has 0 saturated carbocycles. The van der Waals surface area contributed by atoms with Gasteiger partial charge in [0.25, 0.3) is 0 Å². The predicted octanol–water partition coefficient (Wildman–Crippen LogP) is 4.24. The molecule has 0 amide bonds. The van der Waals surface area contributed by atoms with Crippen molar-refractivity contribution < 1.29 is 4.74 Å². The number of aromatic nitrogens is 5. The number of hydrogen-bond acceptors (Lipinski definition) is 6. The molecule has 0 aliphatic carbocycles. The maximum absolute atomic E-state index is 5.73. The number of anilines is 1. The van der Waals surface area contributed by atoms with Gasteiger partial charge >= 0.3 is 0 Å². The van der Waals surface area contributed by atoms with Gasteiger partial charge in [0.05, 0.1) is 24.9 Å². The number of benzene rings is 2. The van der Waals surface area contributed by atoms with Gasteiger partial charge in [0.15, 0.2) is 0 Å². The first-order chi connectivity index (χ1) is 14.6. The van der Waals surface area contributed by atoms with Gasteiger partial charge in [-0.1, -0.05) is 23.4 Å². The molecule has 3 heterocycles. The van der Waals surface area contributed by atoms with E-state index in [1.54, 1.807) is 25.6 Å². The smallest absolute Gasteiger partial charge is 0.132 e. The first kappa shape index (κ1) is 18.1. The van der Waals surface area contributed by atoms with Crippen LogP contribution in [0.5, 0.6) is 5.75 Å². The summed E-state index contributed by atoms with van der Waals surface area (Å²) in [6.07, 6.45) is 3.55. The Labute approximate surface area is 173 Å². The number of nitrogens with two attached hydrogens (primary N) is 1. The fraction of sp³-hybridized carbons (Fsp3) is 0.130. The molecule has 7 nitrogen and oxygen atoms in total. The third-order valence-electron chi connectivity index (χ3n) is 5.38. The van der Waals surface area contributed by atoms with Crippen molar-refractivity contribution in [3.05, 3.63) is 72.6 Å². The summed E-state index contributed by atoms with van der Waals surface area (Å²) in [4.78, 5) is 8.77. The highest BCUT2D eigenvalue weighted by atomic mass is 16.5. The first-order valence-electron chi connectivity index (χ1n) is 9.63. The van der Waals surface area contributed by atoms with Gasteiger partial charge in [-0.3, -0.25) is 4.98 Å². The molecule has 0 radical (unpaired) electrons. The van der Waals surface area contributed by atoms with Gasteiger partial charge in [-0.05, 0) is 54.4 Å². The maximum Gasteiger partial charge on any atom is 0.132 e. The molecular weight excluding hydrogens is 376 g/mol. The Hall–Kier alpha value is -4.00. The molecule has 5 aromatic rings. The van der Waals surface area contributed by atoms with Crippen LogP contribution in [0.1, 0.15) is 18.5 Å². The number of fused-ring (bicyclic) bond motifs is 3. The lowest BCUT2D eigenvalue weighted by Gasteiger charge is -2.14. The molecule has 0 bridgehead atoms. The molecule has 0 spiro atoms. The Kier molecular flexibility index (Phi) is 4.28. The second kappa shape index (κ2) is 7.11. The summed E-state index contributed by atoms with van der Waals surface area (Å²) in [5.74, 6) is 1.32. The molecule has 1 atom stereocenters. The number of nitrogen functional groups attached to an aromatic ring is 1. The molecule has 0 fully saturated rings. The number of rotatable bonds is 4. The van der Waals surface area contributed by atoms with E-state index in [0.717, 1.165) is 44.4 Å². The zero-order valence-electron chi connectivity index (χ0n) is 16.6. The Bertz CT molecular complexity index is 1340. The Balaban J connectivity index is 1.67. The van der Waals surface area contributed by atoms with Crippen molar-refractivity contribution in [2.24, 2.45) is 0 Å². The molecule has 0 aliphatic rings. The molecule has 0 saturated heterocycles. The minimum Gasteiger partial charge on any atom is -0.497 e. The molecule has 30 heavy (non-hydrogen) atoms. The second-order valence-electron chi connectivity index (χ2n) is 7.18. The number of nitrogens with zero attached hydrogens (tertiary/aromatic N) is 5. The number of hydrogen-bond donors (Lipinski definition) is 1. The molecule has 2 N–H and O–H groups in total. The lowest BCUT2D eigenvalue weighted by atomic mass is 10.0. The van der Waals surface area contributed by atoms with Crippen LogP contribution in [0.4, 0.5) is 5.82 Å². The summed E-state index contributed by atoms with van der Waals surface area (Å²) < 4.78 is 7.22. The standard InChI is InChI=1S/C23H20N6O/c1-14(15-3-7-18(30-2)8-4-15)29-23-19-11-16(17-6-10-22(24)26-12-17)5-9-20(19)25-13-21(23)27-28-29/h3-14H,1-2H3,(H2,24,26)/t14-/m0/s1. The van der Waals surface area contributed by atoms with Crippen LogP contribution in [-0.2, 0) is 0 Å². The SMILES string of the molecule is COc1ccc([C@H](C)n2nnc3cnc4ccc(-c5ccc(N)nc5)cc4c32)cc1. The normalized spacial score (nSPS) is 12.3. The van der Waals surface area contributed by atoms with E-state index in [-0.39, 0.29) is 6.04 Å². The van der Waals surface area contributed by atoms with Gasteiger partial charge in [-0.25, -0.2) is 9.67 Å². The van der Waals surface area contributed by atoms with Crippen LogP contribution in [-0.4, -0.2) is 32.1 Å². The second-order valence-corrected chi connectivity index (χ2v) is 7.18. The van der Waals surface area contributed by atoms with Gasteiger partial charge in [-0.2, -0.15) is 0 Å². The minimum absolute atomic E-state index is 0.00616. The third kappa shape index (κ3) is 3.00. The average Bonchev–Trinajstić information content (AvgIpc) is 3.23. The van der Waals surface area contributed by atoms with E-state index in [4.69, 9.17) is 10.5 Å². The molecular formula is C23H20N6O. The van der Waals surface area contributed by atoms with E-state index in [9.17, 15) is 0 Å². The summed E-state index contributed by atoms with van der Waals surface area (Å²) in [6, 6.07) is 17.9. The quantitative estimate of drug-likeness (QED) is 0.488. The topological polar surface area (TPSA) is 91.7 Å². The predicted molar refractivity (Wildman–Crippen MR) is 117 cm³/mol. The molecule has 7 heteroatoms. The van der Waals surface area contributed by atoms with Crippen molar-refractivity contribution in [2.45, 2.75) is 13.0 Å². The van der Waals surface area contributed by atoms with E-state index in [0.29, 0.717) is 5.82 Å². The minimum atomic E-state index is -0.00616. The van der Waals surface area contributed by atoms with Crippen LogP contribution >= 0.6 is 0 Å². The zero-order valence-corrected chi connectivity index (χ0v) is 16.6. The van der Waals surface area contributed by atoms with Crippen molar-refractivity contribution in [1.82, 2.24) is 25.0 Å². The van der Waals surface area contributed by atoms with E-state index in [1.165, 1.54) is 0 Å². The summed E-state index contributed by atoms with van der Waals surface area (Å²) >= 11 is 0. The van der Waals surface area contributed by atoms with Crippen LogP contribution in [0, 0.1) is 0 Å². The molecule has 5 rings (SSSR count). The Morgan fingerprint density at radius 2 is 1.70 bits per heavy atom. The van der Waals surface area contributed by atoms with Crippen molar-refractivity contribution >= 4 is 27.8 Å². The summed E-state index contributed by atoms with van der Waals surface area (Å²) in [7, 11) is 1.66. The van der Waals surface area contributed by atoms with Crippen molar-refractivity contribution in [1.29, 1.82) is 0 Å². The summed E-state index contributed by atoms with van der Waals surface area (Å²) in [6.45, 7) is 2.11. The van der Waals surface area contributed by atoms with Gasteiger partial charge in [0, 0.05) is 17.1 Å². The van der Waals surface area contributed by atoms with Crippen LogP contribution in [0.15, 0.2) is 67.0 Å². The van der Waals surface area contributed by atoms with Crippen molar-refractivity contribution in [2.75, 3.05) is 12.8 Å². The maximum atomic E-state index is 5.73. The molecule has 2 aromatic carbocycles. The van der Waals surface area contributed by atoms with Crippen LogP contribution in [0.25, 0.3) is 33.1 Å². The Morgan fingerprint density at radius 1 is 0.900 bits per heavy atom. The summed E-state index contributed by atoms with van der Waals surface area (Å²) in [5.41, 5.74) is 11.5. The molecule has 0 unspecified atom stereocenters. The highest BCUT2D eigenvalue weighted by molar-refractivity contribution is 6.03. The number of pyridine rings is 2. The van der Waals surface area contributed by atoms with Crippen LogP contribution in [0.2, 0.25) is 0 Å². The van der Waals surface area contributed by atoms with Gasteiger partial charge in [0.1, 0.15) is 22.6 Å². The fourth-order valence-corrected chi connectivity index (χ4v) is 3.67. The average molecular weight is 396 g/mol. The lowest BCUT2D eigenvalue weighted by Crippen LogP contribution is -2.09. The molecule has 3 aromatic heterocycles.